The molecule has 5 nitrogen and oxygen atoms in total. The van der Waals surface area contributed by atoms with Crippen molar-refractivity contribution in [2.24, 2.45) is 0 Å². The predicted octanol–water partition coefficient (Wildman–Crippen LogP) is 2.81. The Morgan fingerprint density at radius 2 is 2.18 bits per heavy atom. The summed E-state index contributed by atoms with van der Waals surface area (Å²) in [7, 11) is 1.60. The van der Waals surface area contributed by atoms with E-state index in [-0.39, 0.29) is 12.0 Å². The van der Waals surface area contributed by atoms with Gasteiger partial charge < -0.3 is 20.1 Å². The first-order valence-corrected chi connectivity index (χ1v) is 7.96. The molecule has 0 spiro atoms. The molecule has 1 aromatic rings. The number of methoxy groups -OCH3 is 1. The van der Waals surface area contributed by atoms with E-state index in [1.165, 1.54) is 0 Å². The zero-order chi connectivity index (χ0) is 16.3. The van der Waals surface area contributed by atoms with Gasteiger partial charge in [-0.1, -0.05) is 6.07 Å². The smallest absolute Gasteiger partial charge is 0.338 e. The van der Waals surface area contributed by atoms with Gasteiger partial charge in [-0.3, -0.25) is 0 Å². The number of ether oxygens (including phenoxy) is 2. The number of hydrogen-bond donors (Lipinski definition) is 2. The molecule has 7 heteroatoms. The molecule has 1 aliphatic rings. The fraction of sp³-hybridized carbons (Fsp3) is 0.333. The molecule has 1 heterocycles. The summed E-state index contributed by atoms with van der Waals surface area (Å²) in [6.45, 7) is 3.91. The Hall–Kier alpha value is -1.60. The van der Waals surface area contributed by atoms with Gasteiger partial charge in [-0.25, -0.2) is 4.79 Å². The fourth-order valence-electron chi connectivity index (χ4n) is 2.29. The minimum atomic E-state index is -0.366. The first kappa shape index (κ1) is 16.8. The Bertz CT molecular complexity index is 646. The van der Waals surface area contributed by atoms with Crippen molar-refractivity contribution in [3.8, 4) is 5.75 Å². The molecule has 1 atom stereocenters. The Kier molecular flexibility index (Phi) is 5.42. The number of benzene rings is 1. The van der Waals surface area contributed by atoms with Crippen LogP contribution in [0.2, 0.25) is 0 Å². The third kappa shape index (κ3) is 3.41. The molecule has 1 aliphatic heterocycles. The maximum absolute atomic E-state index is 12.3. The largest absolute Gasteiger partial charge is 0.496 e. The van der Waals surface area contributed by atoms with E-state index in [9.17, 15) is 4.79 Å². The lowest BCUT2D eigenvalue weighted by Gasteiger charge is -2.30. The molecule has 118 valence electrons. The first-order valence-electron chi connectivity index (χ1n) is 6.76. The highest BCUT2D eigenvalue weighted by molar-refractivity contribution is 9.10. The van der Waals surface area contributed by atoms with Crippen LogP contribution >= 0.6 is 28.1 Å². The van der Waals surface area contributed by atoms with E-state index in [0.29, 0.717) is 23.0 Å². The minimum Gasteiger partial charge on any atom is -0.496 e. The van der Waals surface area contributed by atoms with Crippen molar-refractivity contribution >= 4 is 39.2 Å². The molecular weight excluding hydrogens is 368 g/mol. The molecule has 2 N–H and O–H groups in total. The lowest BCUT2D eigenvalue weighted by atomic mass is 9.95. The normalized spacial score (nSPS) is 17.6. The number of nitrogens with one attached hydrogen (secondary N) is 2. The second-order valence-corrected chi connectivity index (χ2v) is 5.95. The molecule has 1 aromatic carbocycles. The van der Waals surface area contributed by atoms with Crippen LogP contribution in [0.25, 0.3) is 0 Å². The maximum Gasteiger partial charge on any atom is 0.338 e. The third-order valence-electron chi connectivity index (χ3n) is 3.27. The van der Waals surface area contributed by atoms with Crippen LogP contribution in [-0.4, -0.2) is 24.8 Å². The van der Waals surface area contributed by atoms with E-state index >= 15 is 0 Å². The fourth-order valence-corrected chi connectivity index (χ4v) is 3.11. The topological polar surface area (TPSA) is 59.6 Å². The lowest BCUT2D eigenvalue weighted by Crippen LogP contribution is -2.45. The van der Waals surface area contributed by atoms with Crippen molar-refractivity contribution in [3.63, 3.8) is 0 Å². The van der Waals surface area contributed by atoms with Crippen LogP contribution in [0, 0.1) is 0 Å². The standard InChI is InChI=1S/C15H17BrN2O3S/c1-4-21-14(19)12-8(2)17-15(22)18-13(12)9-5-6-11(20-3)10(16)7-9/h5-7,13H,4H2,1-3H3,(H2,17,18,22)/t13-/m0/s1. The van der Waals surface area contributed by atoms with Gasteiger partial charge in [-0.2, -0.15) is 0 Å². The van der Waals surface area contributed by atoms with Crippen molar-refractivity contribution in [2.45, 2.75) is 19.9 Å². The molecule has 0 fully saturated rings. The minimum absolute atomic E-state index is 0.319. The van der Waals surface area contributed by atoms with Gasteiger partial charge in [-0.05, 0) is 59.7 Å². The number of halogens is 1. The highest BCUT2D eigenvalue weighted by Crippen LogP contribution is 2.33. The highest BCUT2D eigenvalue weighted by Gasteiger charge is 2.31. The van der Waals surface area contributed by atoms with E-state index in [1.54, 1.807) is 14.0 Å². The Morgan fingerprint density at radius 1 is 1.45 bits per heavy atom. The van der Waals surface area contributed by atoms with E-state index in [0.717, 1.165) is 15.8 Å². The summed E-state index contributed by atoms with van der Waals surface area (Å²) in [5, 5.41) is 6.56. The van der Waals surface area contributed by atoms with Crippen molar-refractivity contribution in [2.75, 3.05) is 13.7 Å². The van der Waals surface area contributed by atoms with Crippen LogP contribution in [0.4, 0.5) is 0 Å². The molecule has 0 saturated carbocycles. The van der Waals surface area contributed by atoms with E-state index < -0.39 is 0 Å². The molecule has 0 radical (unpaired) electrons. The van der Waals surface area contributed by atoms with Crippen molar-refractivity contribution in [1.82, 2.24) is 10.6 Å². The van der Waals surface area contributed by atoms with Crippen LogP contribution in [0.3, 0.4) is 0 Å². The number of esters is 1. The maximum atomic E-state index is 12.3. The molecule has 0 amide bonds. The molecule has 2 rings (SSSR count). The van der Waals surface area contributed by atoms with Crippen LogP contribution in [0.5, 0.6) is 5.75 Å². The van der Waals surface area contributed by atoms with Crippen molar-refractivity contribution in [3.05, 3.63) is 39.5 Å². The van der Waals surface area contributed by atoms with Gasteiger partial charge >= 0.3 is 5.97 Å². The second-order valence-electron chi connectivity index (χ2n) is 4.68. The van der Waals surface area contributed by atoms with Crippen molar-refractivity contribution in [1.29, 1.82) is 0 Å². The number of rotatable bonds is 4. The van der Waals surface area contributed by atoms with Gasteiger partial charge in [0.1, 0.15) is 5.75 Å². The Balaban J connectivity index is 2.45. The van der Waals surface area contributed by atoms with Crippen LogP contribution < -0.4 is 15.4 Å². The molecule has 0 aliphatic carbocycles. The number of thiocarbonyl (C=S) groups is 1. The summed E-state index contributed by atoms with van der Waals surface area (Å²) in [4.78, 5) is 12.3. The summed E-state index contributed by atoms with van der Waals surface area (Å²) in [6, 6.07) is 5.26. The van der Waals surface area contributed by atoms with Gasteiger partial charge in [0.05, 0.1) is 29.8 Å². The van der Waals surface area contributed by atoms with Gasteiger partial charge in [0, 0.05) is 5.70 Å². The summed E-state index contributed by atoms with van der Waals surface area (Å²) in [6.07, 6.45) is 0. The highest BCUT2D eigenvalue weighted by atomic mass is 79.9. The SMILES string of the molecule is CCOC(=O)C1=C(C)NC(=S)N[C@H]1c1ccc(OC)c(Br)c1. The van der Waals surface area contributed by atoms with Gasteiger partial charge in [-0.15, -0.1) is 0 Å². The average Bonchev–Trinajstić information content (AvgIpc) is 2.46. The predicted molar refractivity (Wildman–Crippen MR) is 91.6 cm³/mol. The molecule has 0 unspecified atom stereocenters. The van der Waals surface area contributed by atoms with Crippen molar-refractivity contribution < 1.29 is 14.3 Å². The van der Waals surface area contributed by atoms with E-state index in [2.05, 4.69) is 26.6 Å². The number of allylic oxidation sites excluding steroid dienone is 1. The van der Waals surface area contributed by atoms with Gasteiger partial charge in [0.25, 0.3) is 0 Å². The summed E-state index contributed by atoms with van der Waals surface area (Å²) in [5.74, 6) is 0.359. The number of carbonyl (C=O) groups excluding carboxylic acids is 1. The molecule has 22 heavy (non-hydrogen) atoms. The van der Waals surface area contributed by atoms with E-state index in [4.69, 9.17) is 21.7 Å². The molecule has 0 saturated heterocycles. The zero-order valence-electron chi connectivity index (χ0n) is 12.5. The summed E-state index contributed by atoms with van der Waals surface area (Å²) < 4.78 is 11.2. The van der Waals surface area contributed by atoms with Crippen LogP contribution in [0.1, 0.15) is 25.5 Å². The van der Waals surface area contributed by atoms with Crippen LogP contribution in [0.15, 0.2) is 33.9 Å². The van der Waals surface area contributed by atoms with E-state index in [1.807, 2.05) is 25.1 Å². The number of carbonyl (C=O) groups is 1. The summed E-state index contributed by atoms with van der Waals surface area (Å²) in [5.41, 5.74) is 2.10. The van der Waals surface area contributed by atoms with Gasteiger partial charge in [0.15, 0.2) is 5.11 Å². The second kappa shape index (κ2) is 7.11. The zero-order valence-corrected chi connectivity index (χ0v) is 14.9. The molecule has 0 aromatic heterocycles. The molecular formula is C15H17BrN2O3S. The number of hydrogen-bond acceptors (Lipinski definition) is 4. The quantitative estimate of drug-likeness (QED) is 0.614. The molecule has 0 bridgehead atoms. The van der Waals surface area contributed by atoms with Gasteiger partial charge in [0.2, 0.25) is 0 Å². The Morgan fingerprint density at radius 3 is 2.77 bits per heavy atom. The monoisotopic (exact) mass is 384 g/mol. The average molecular weight is 385 g/mol. The first-order chi connectivity index (χ1) is 10.5. The third-order valence-corrected chi connectivity index (χ3v) is 4.11. The lowest BCUT2D eigenvalue weighted by molar-refractivity contribution is -0.139. The Labute approximate surface area is 143 Å². The summed E-state index contributed by atoms with van der Waals surface area (Å²) >= 11 is 8.66. The van der Waals surface area contributed by atoms with Crippen LogP contribution in [-0.2, 0) is 9.53 Å².